The Morgan fingerprint density at radius 2 is 2.00 bits per heavy atom. The van der Waals surface area contributed by atoms with Crippen molar-refractivity contribution in [3.8, 4) is 0 Å². The van der Waals surface area contributed by atoms with Crippen LogP contribution >= 0.6 is 0 Å². The summed E-state index contributed by atoms with van der Waals surface area (Å²) in [5.41, 5.74) is 14.8. The zero-order chi connectivity index (χ0) is 10.1. The molecule has 4 heteroatoms. The molecule has 0 amide bonds. The van der Waals surface area contributed by atoms with Crippen molar-refractivity contribution in [2.45, 2.75) is 26.2 Å². The first-order valence-corrected chi connectivity index (χ1v) is 4.75. The van der Waals surface area contributed by atoms with Crippen molar-refractivity contribution in [3.63, 3.8) is 0 Å². The van der Waals surface area contributed by atoms with Gasteiger partial charge in [-0.25, -0.2) is 4.98 Å². The average Bonchev–Trinajstić information content (AvgIpc) is 2.17. The van der Waals surface area contributed by atoms with E-state index < -0.39 is 0 Å². The Kier molecular flexibility index (Phi) is 2.11. The minimum atomic E-state index is 0.283. The normalized spacial score (nSPS) is 18.2. The molecule has 1 heterocycles. The third kappa shape index (κ3) is 1.43. The first-order chi connectivity index (χ1) is 6.70. The van der Waals surface area contributed by atoms with Crippen LogP contribution in [0.3, 0.4) is 0 Å². The zero-order valence-electron chi connectivity index (χ0n) is 8.25. The summed E-state index contributed by atoms with van der Waals surface area (Å²) in [5.74, 6) is 0.816. The predicted molar refractivity (Wildman–Crippen MR) is 56.6 cm³/mol. The van der Waals surface area contributed by atoms with E-state index in [-0.39, 0.29) is 5.95 Å². The number of rotatable bonds is 0. The second-order valence-corrected chi connectivity index (χ2v) is 3.52. The lowest BCUT2D eigenvalue weighted by Gasteiger charge is -2.18. The largest absolute Gasteiger partial charge is 0.383 e. The van der Waals surface area contributed by atoms with E-state index in [2.05, 4.69) is 23.0 Å². The van der Waals surface area contributed by atoms with E-state index in [0.29, 0.717) is 5.82 Å². The molecule has 0 aromatic carbocycles. The van der Waals surface area contributed by atoms with Crippen molar-refractivity contribution in [2.24, 2.45) is 0 Å². The van der Waals surface area contributed by atoms with Crippen molar-refractivity contribution in [2.75, 3.05) is 11.5 Å². The molecule has 0 unspecified atom stereocenters. The fourth-order valence-electron chi connectivity index (χ4n) is 1.81. The van der Waals surface area contributed by atoms with Gasteiger partial charge in [0, 0.05) is 5.56 Å². The number of aryl methyl sites for hydroxylation is 1. The van der Waals surface area contributed by atoms with E-state index >= 15 is 0 Å². The molecule has 0 fully saturated rings. The Hall–Kier alpha value is -1.58. The van der Waals surface area contributed by atoms with Crippen LogP contribution in [0.4, 0.5) is 11.8 Å². The number of nitrogen functional groups attached to an aromatic ring is 2. The topological polar surface area (TPSA) is 77.8 Å². The summed E-state index contributed by atoms with van der Waals surface area (Å²) in [4.78, 5) is 8.18. The second-order valence-electron chi connectivity index (χ2n) is 3.52. The standard InChI is InChI=1S/C10H14N4/c1-2-6-3-4-8-7(5-6)9(11)14-10(12)13-8/h2H,3-5H2,1H3,(H4,11,12,13,14). The SMILES string of the molecule is CC=C1CCc2nc(N)nc(N)c2C1. The molecule has 1 aliphatic carbocycles. The van der Waals surface area contributed by atoms with Gasteiger partial charge in [-0.05, 0) is 26.2 Å². The molecule has 0 spiro atoms. The van der Waals surface area contributed by atoms with Crippen LogP contribution in [0, 0.1) is 0 Å². The number of anilines is 2. The molecule has 0 saturated carbocycles. The summed E-state index contributed by atoms with van der Waals surface area (Å²) in [5, 5.41) is 0. The molecule has 1 aromatic rings. The highest BCUT2D eigenvalue weighted by atomic mass is 15.0. The summed E-state index contributed by atoms with van der Waals surface area (Å²) in [7, 11) is 0. The van der Waals surface area contributed by atoms with Gasteiger partial charge in [0.2, 0.25) is 5.95 Å². The molecule has 4 nitrogen and oxygen atoms in total. The van der Waals surface area contributed by atoms with Crippen LogP contribution in [0.2, 0.25) is 0 Å². The molecule has 1 aliphatic rings. The van der Waals surface area contributed by atoms with Gasteiger partial charge in [0.05, 0.1) is 5.69 Å². The highest BCUT2D eigenvalue weighted by Crippen LogP contribution is 2.27. The Morgan fingerprint density at radius 3 is 2.71 bits per heavy atom. The highest BCUT2D eigenvalue weighted by Gasteiger charge is 2.17. The van der Waals surface area contributed by atoms with Gasteiger partial charge in [-0.15, -0.1) is 0 Å². The molecule has 0 saturated heterocycles. The summed E-state index contributed by atoms with van der Waals surface area (Å²) < 4.78 is 0. The van der Waals surface area contributed by atoms with Crippen LogP contribution in [0.15, 0.2) is 11.6 Å². The number of nitrogens with zero attached hydrogens (tertiary/aromatic N) is 2. The highest BCUT2D eigenvalue weighted by molar-refractivity contribution is 5.49. The van der Waals surface area contributed by atoms with Crippen LogP contribution in [-0.4, -0.2) is 9.97 Å². The van der Waals surface area contributed by atoms with Crippen LogP contribution in [0.1, 0.15) is 24.6 Å². The molecule has 4 N–H and O–H groups in total. The predicted octanol–water partition coefficient (Wildman–Crippen LogP) is 1.08. The molecule has 0 bridgehead atoms. The monoisotopic (exact) mass is 190 g/mol. The van der Waals surface area contributed by atoms with Crippen molar-refractivity contribution in [1.82, 2.24) is 9.97 Å². The smallest absolute Gasteiger partial charge is 0.222 e. The van der Waals surface area contributed by atoms with Crippen molar-refractivity contribution < 1.29 is 0 Å². The molecular weight excluding hydrogens is 176 g/mol. The molecule has 1 aromatic heterocycles. The maximum absolute atomic E-state index is 5.80. The molecule has 74 valence electrons. The second kappa shape index (κ2) is 3.29. The molecule has 0 aliphatic heterocycles. The van der Waals surface area contributed by atoms with Gasteiger partial charge in [-0.3, -0.25) is 0 Å². The summed E-state index contributed by atoms with van der Waals surface area (Å²) >= 11 is 0. The lowest BCUT2D eigenvalue weighted by Crippen LogP contribution is -2.14. The molecular formula is C10H14N4. The number of hydrogen-bond acceptors (Lipinski definition) is 4. The van der Waals surface area contributed by atoms with E-state index in [4.69, 9.17) is 11.5 Å². The Morgan fingerprint density at radius 1 is 1.21 bits per heavy atom. The minimum Gasteiger partial charge on any atom is -0.383 e. The van der Waals surface area contributed by atoms with Gasteiger partial charge in [0.15, 0.2) is 0 Å². The van der Waals surface area contributed by atoms with E-state index in [1.54, 1.807) is 0 Å². The third-order valence-corrected chi connectivity index (χ3v) is 2.64. The number of nitrogens with two attached hydrogens (primary N) is 2. The van der Waals surface area contributed by atoms with Crippen molar-refractivity contribution in [1.29, 1.82) is 0 Å². The maximum atomic E-state index is 5.80. The molecule has 2 rings (SSSR count). The molecule has 0 radical (unpaired) electrons. The van der Waals surface area contributed by atoms with Gasteiger partial charge in [0.25, 0.3) is 0 Å². The van der Waals surface area contributed by atoms with Gasteiger partial charge in [0.1, 0.15) is 5.82 Å². The fourth-order valence-corrected chi connectivity index (χ4v) is 1.81. The van der Waals surface area contributed by atoms with Gasteiger partial charge >= 0.3 is 0 Å². The summed E-state index contributed by atoms with van der Waals surface area (Å²) in [6.07, 6.45) is 4.99. The number of allylic oxidation sites excluding steroid dienone is 2. The van der Waals surface area contributed by atoms with E-state index in [9.17, 15) is 0 Å². The molecule has 14 heavy (non-hydrogen) atoms. The van der Waals surface area contributed by atoms with Crippen molar-refractivity contribution >= 4 is 11.8 Å². The Bertz CT molecular complexity index is 395. The maximum Gasteiger partial charge on any atom is 0.222 e. The van der Waals surface area contributed by atoms with Crippen LogP contribution in [0.25, 0.3) is 0 Å². The van der Waals surface area contributed by atoms with Gasteiger partial charge < -0.3 is 11.5 Å². The lowest BCUT2D eigenvalue weighted by molar-refractivity contribution is 0.795. The van der Waals surface area contributed by atoms with E-state index in [1.165, 1.54) is 5.57 Å². The van der Waals surface area contributed by atoms with Crippen molar-refractivity contribution in [3.05, 3.63) is 22.9 Å². The average molecular weight is 190 g/mol. The Balaban J connectivity index is 2.47. The zero-order valence-corrected chi connectivity index (χ0v) is 8.25. The summed E-state index contributed by atoms with van der Waals surface area (Å²) in [6, 6.07) is 0. The number of fused-ring (bicyclic) bond motifs is 1. The van der Waals surface area contributed by atoms with Gasteiger partial charge in [-0.2, -0.15) is 4.98 Å². The first-order valence-electron chi connectivity index (χ1n) is 4.75. The number of hydrogen-bond donors (Lipinski definition) is 2. The Labute approximate surface area is 83.0 Å². The number of aromatic nitrogens is 2. The van der Waals surface area contributed by atoms with Crippen LogP contribution < -0.4 is 11.5 Å². The quantitative estimate of drug-likeness (QED) is 0.600. The van der Waals surface area contributed by atoms with E-state index in [1.807, 2.05) is 0 Å². The van der Waals surface area contributed by atoms with E-state index in [0.717, 1.165) is 30.5 Å². The minimum absolute atomic E-state index is 0.283. The third-order valence-electron chi connectivity index (χ3n) is 2.64. The lowest BCUT2D eigenvalue weighted by atomic mass is 9.91. The van der Waals surface area contributed by atoms with Crippen LogP contribution in [0.5, 0.6) is 0 Å². The fraction of sp³-hybridized carbons (Fsp3) is 0.400. The molecule has 0 atom stereocenters. The van der Waals surface area contributed by atoms with Gasteiger partial charge in [-0.1, -0.05) is 11.6 Å². The first kappa shape index (κ1) is 8.99. The van der Waals surface area contributed by atoms with Crippen LogP contribution in [-0.2, 0) is 12.8 Å². The summed E-state index contributed by atoms with van der Waals surface area (Å²) in [6.45, 7) is 2.05.